The molecule has 0 aliphatic heterocycles. The summed E-state index contributed by atoms with van der Waals surface area (Å²) >= 11 is 12.1. The van der Waals surface area contributed by atoms with Gasteiger partial charge in [0.15, 0.2) is 9.84 Å². The third kappa shape index (κ3) is 5.46. The van der Waals surface area contributed by atoms with E-state index < -0.39 is 9.84 Å². The third-order valence-electron chi connectivity index (χ3n) is 3.84. The summed E-state index contributed by atoms with van der Waals surface area (Å²) in [6.45, 7) is 1.85. The van der Waals surface area contributed by atoms with Gasteiger partial charge in [-0.05, 0) is 42.7 Å². The van der Waals surface area contributed by atoms with Gasteiger partial charge < -0.3 is 5.32 Å². The van der Waals surface area contributed by atoms with E-state index in [0.717, 1.165) is 17.4 Å². The van der Waals surface area contributed by atoms with Crippen LogP contribution < -0.4 is 5.32 Å². The van der Waals surface area contributed by atoms with Crippen LogP contribution in [0.3, 0.4) is 0 Å². The first kappa shape index (κ1) is 19.8. The average Bonchev–Trinajstić information content (AvgIpc) is 2.55. The molecule has 7 heteroatoms. The van der Waals surface area contributed by atoms with Crippen molar-refractivity contribution in [2.75, 3.05) is 6.26 Å². The van der Waals surface area contributed by atoms with E-state index in [-0.39, 0.29) is 23.3 Å². The molecule has 0 saturated heterocycles. The van der Waals surface area contributed by atoms with Crippen LogP contribution in [-0.4, -0.2) is 20.6 Å². The molecule has 0 radical (unpaired) electrons. The summed E-state index contributed by atoms with van der Waals surface area (Å²) in [5, 5.41) is 3.84. The summed E-state index contributed by atoms with van der Waals surface area (Å²) in [7, 11) is -3.23. The van der Waals surface area contributed by atoms with Crippen LogP contribution in [0.2, 0.25) is 10.0 Å². The van der Waals surface area contributed by atoms with Gasteiger partial charge in [0.25, 0.3) is 0 Å². The predicted molar refractivity (Wildman–Crippen MR) is 101 cm³/mol. The Bertz CT molecular complexity index is 864. The zero-order valence-corrected chi connectivity index (χ0v) is 16.3. The molecule has 0 aliphatic rings. The molecule has 0 aliphatic carbocycles. The Hall–Kier alpha value is -1.56. The second-order valence-electron chi connectivity index (χ2n) is 5.84. The smallest absolute Gasteiger partial charge is 0.220 e. The Morgan fingerprint density at radius 1 is 1.12 bits per heavy atom. The lowest BCUT2D eigenvalue weighted by Crippen LogP contribution is -2.26. The van der Waals surface area contributed by atoms with Crippen molar-refractivity contribution in [3.63, 3.8) is 0 Å². The predicted octanol–water partition coefficient (Wildman–Crippen LogP) is 4.21. The fraction of sp³-hybridized carbons (Fsp3) is 0.278. The van der Waals surface area contributed by atoms with Crippen molar-refractivity contribution in [3.8, 4) is 0 Å². The van der Waals surface area contributed by atoms with E-state index in [9.17, 15) is 13.2 Å². The van der Waals surface area contributed by atoms with Gasteiger partial charge in [-0.25, -0.2) is 8.42 Å². The zero-order valence-electron chi connectivity index (χ0n) is 13.9. The number of aryl methyl sites for hydroxylation is 1. The SMILES string of the molecule is CC(NC(=O)CCc1cccc(Cl)c1Cl)c1ccc(S(C)(=O)=O)cc1. The minimum Gasteiger partial charge on any atom is -0.350 e. The fourth-order valence-electron chi connectivity index (χ4n) is 2.39. The van der Waals surface area contributed by atoms with Gasteiger partial charge in [0.2, 0.25) is 5.91 Å². The van der Waals surface area contributed by atoms with Crippen molar-refractivity contribution in [3.05, 3.63) is 63.6 Å². The number of carbonyl (C=O) groups is 1. The molecule has 0 heterocycles. The van der Waals surface area contributed by atoms with Gasteiger partial charge >= 0.3 is 0 Å². The lowest BCUT2D eigenvalue weighted by molar-refractivity contribution is -0.121. The number of carbonyl (C=O) groups excluding carboxylic acids is 1. The molecule has 1 atom stereocenters. The Kier molecular flexibility index (Phi) is 6.49. The van der Waals surface area contributed by atoms with E-state index in [4.69, 9.17) is 23.2 Å². The second kappa shape index (κ2) is 8.21. The summed E-state index contributed by atoms with van der Waals surface area (Å²) in [6.07, 6.45) is 1.94. The first-order valence-corrected chi connectivity index (χ1v) is 10.4. The highest BCUT2D eigenvalue weighted by atomic mass is 35.5. The van der Waals surface area contributed by atoms with Crippen LogP contribution in [0.15, 0.2) is 47.4 Å². The molecule has 2 aromatic rings. The van der Waals surface area contributed by atoms with E-state index in [1.165, 1.54) is 0 Å². The normalized spacial score (nSPS) is 12.6. The lowest BCUT2D eigenvalue weighted by Gasteiger charge is -2.15. The molecule has 0 spiro atoms. The number of rotatable bonds is 6. The summed E-state index contributed by atoms with van der Waals surface area (Å²) in [6, 6.07) is 11.6. The third-order valence-corrected chi connectivity index (χ3v) is 5.83. The first-order valence-electron chi connectivity index (χ1n) is 7.70. The maximum atomic E-state index is 12.1. The van der Waals surface area contributed by atoms with Gasteiger partial charge in [0, 0.05) is 12.7 Å². The monoisotopic (exact) mass is 399 g/mol. The molecule has 0 bridgehead atoms. The second-order valence-corrected chi connectivity index (χ2v) is 8.64. The molecule has 2 aromatic carbocycles. The van der Waals surface area contributed by atoms with Crippen LogP contribution in [0.4, 0.5) is 0 Å². The van der Waals surface area contributed by atoms with Crippen molar-refractivity contribution in [1.29, 1.82) is 0 Å². The highest BCUT2D eigenvalue weighted by molar-refractivity contribution is 7.90. The average molecular weight is 400 g/mol. The highest BCUT2D eigenvalue weighted by Crippen LogP contribution is 2.26. The van der Waals surface area contributed by atoms with Crippen LogP contribution in [-0.2, 0) is 21.1 Å². The van der Waals surface area contributed by atoms with Crippen molar-refractivity contribution < 1.29 is 13.2 Å². The number of benzene rings is 2. The first-order chi connectivity index (χ1) is 11.7. The number of sulfone groups is 1. The standard InChI is InChI=1S/C18H19Cl2NO3S/c1-12(13-6-9-15(10-7-13)25(2,23)24)21-17(22)11-8-14-4-3-5-16(19)18(14)20/h3-7,9-10,12H,8,11H2,1-2H3,(H,21,22). The summed E-state index contributed by atoms with van der Waals surface area (Å²) in [5.74, 6) is -0.115. The van der Waals surface area contributed by atoms with E-state index in [2.05, 4.69) is 5.32 Å². The molecule has 4 nitrogen and oxygen atoms in total. The van der Waals surface area contributed by atoms with Crippen LogP contribution >= 0.6 is 23.2 Å². The lowest BCUT2D eigenvalue weighted by atomic mass is 10.1. The summed E-state index contributed by atoms with van der Waals surface area (Å²) in [4.78, 5) is 12.4. The van der Waals surface area contributed by atoms with Crippen LogP contribution in [0.5, 0.6) is 0 Å². The van der Waals surface area contributed by atoms with Gasteiger partial charge in [-0.1, -0.05) is 47.5 Å². The molecule has 0 aromatic heterocycles. The van der Waals surface area contributed by atoms with Crippen molar-refractivity contribution >= 4 is 38.9 Å². The molecule has 2 rings (SSSR count). The molecule has 1 N–H and O–H groups in total. The van der Waals surface area contributed by atoms with Crippen LogP contribution in [0, 0.1) is 0 Å². The number of hydrogen-bond acceptors (Lipinski definition) is 3. The highest BCUT2D eigenvalue weighted by Gasteiger charge is 2.13. The quantitative estimate of drug-likeness (QED) is 0.790. The van der Waals surface area contributed by atoms with Gasteiger partial charge in [0.1, 0.15) is 0 Å². The van der Waals surface area contributed by atoms with Gasteiger partial charge in [-0.2, -0.15) is 0 Å². The molecule has 134 valence electrons. The number of amides is 1. The van der Waals surface area contributed by atoms with Crippen molar-refractivity contribution in [2.24, 2.45) is 0 Å². The number of nitrogens with one attached hydrogen (secondary N) is 1. The number of halogens is 2. The fourth-order valence-corrected chi connectivity index (χ4v) is 3.44. The molecule has 1 unspecified atom stereocenters. The summed E-state index contributed by atoms with van der Waals surface area (Å²) in [5.41, 5.74) is 1.66. The minimum absolute atomic E-state index is 0.115. The topological polar surface area (TPSA) is 63.2 Å². The molecule has 25 heavy (non-hydrogen) atoms. The Morgan fingerprint density at radius 3 is 2.36 bits per heavy atom. The molecule has 0 saturated carbocycles. The van der Waals surface area contributed by atoms with Gasteiger partial charge in [0.05, 0.1) is 21.0 Å². The van der Waals surface area contributed by atoms with E-state index in [1.807, 2.05) is 13.0 Å². The van der Waals surface area contributed by atoms with E-state index >= 15 is 0 Å². The molecule has 0 fully saturated rings. The Balaban J connectivity index is 1.95. The van der Waals surface area contributed by atoms with Gasteiger partial charge in [-0.15, -0.1) is 0 Å². The Morgan fingerprint density at radius 2 is 1.76 bits per heavy atom. The van der Waals surface area contributed by atoms with E-state index in [1.54, 1.807) is 36.4 Å². The maximum absolute atomic E-state index is 12.1. The summed E-state index contributed by atoms with van der Waals surface area (Å²) < 4.78 is 22.9. The van der Waals surface area contributed by atoms with Crippen molar-refractivity contribution in [1.82, 2.24) is 5.32 Å². The van der Waals surface area contributed by atoms with Gasteiger partial charge in [-0.3, -0.25) is 4.79 Å². The van der Waals surface area contributed by atoms with Crippen molar-refractivity contribution in [2.45, 2.75) is 30.7 Å². The largest absolute Gasteiger partial charge is 0.350 e. The maximum Gasteiger partial charge on any atom is 0.220 e. The molecule has 1 amide bonds. The Labute approximate surface area is 158 Å². The van der Waals surface area contributed by atoms with Crippen LogP contribution in [0.1, 0.15) is 30.5 Å². The molecular weight excluding hydrogens is 381 g/mol. The zero-order chi connectivity index (χ0) is 18.6. The van der Waals surface area contributed by atoms with Crippen LogP contribution in [0.25, 0.3) is 0 Å². The van der Waals surface area contributed by atoms with E-state index in [0.29, 0.717) is 16.5 Å². The molecular formula is C18H19Cl2NO3S. The number of hydrogen-bond donors (Lipinski definition) is 1. The minimum atomic E-state index is -3.23.